The predicted molar refractivity (Wildman–Crippen MR) is 108 cm³/mol. The zero-order chi connectivity index (χ0) is 16.4. The number of carbonyl (C=O) groups is 1. The summed E-state index contributed by atoms with van der Waals surface area (Å²) in [4.78, 5) is 19.9. The van der Waals surface area contributed by atoms with E-state index in [-0.39, 0.29) is 30.7 Å². The molecule has 5 nitrogen and oxygen atoms in total. The molecule has 25 heavy (non-hydrogen) atoms. The van der Waals surface area contributed by atoms with Crippen molar-refractivity contribution in [2.24, 2.45) is 11.8 Å². The Labute approximate surface area is 165 Å². The van der Waals surface area contributed by atoms with Crippen molar-refractivity contribution in [3.63, 3.8) is 0 Å². The summed E-state index contributed by atoms with van der Waals surface area (Å²) in [5.74, 6) is 1.12. The summed E-state index contributed by atoms with van der Waals surface area (Å²) in [7, 11) is 0. The number of nitrogens with zero attached hydrogens (tertiary/aromatic N) is 3. The average molecular weight is 395 g/mol. The number of hydrogen-bond donors (Lipinski definition) is 1. The van der Waals surface area contributed by atoms with E-state index in [9.17, 15) is 4.79 Å². The molecule has 0 bridgehead atoms. The van der Waals surface area contributed by atoms with Crippen LogP contribution in [0.1, 0.15) is 33.6 Å². The van der Waals surface area contributed by atoms with Gasteiger partial charge in [-0.2, -0.15) is 0 Å². The molecule has 0 saturated carbocycles. The minimum absolute atomic E-state index is 0. The predicted octanol–water partition coefficient (Wildman–Crippen LogP) is 1.70. The van der Waals surface area contributed by atoms with E-state index in [1.807, 2.05) is 0 Å². The van der Waals surface area contributed by atoms with Crippen LogP contribution in [-0.4, -0.2) is 85.0 Å². The number of hydrogen-bond acceptors (Lipinski definition) is 4. The van der Waals surface area contributed by atoms with Gasteiger partial charge in [-0.3, -0.25) is 14.6 Å². The van der Waals surface area contributed by atoms with Crippen LogP contribution in [0.3, 0.4) is 0 Å². The molecule has 3 rings (SSSR count). The normalized spacial score (nSPS) is 29.5. The molecule has 0 aromatic carbocycles. The van der Waals surface area contributed by atoms with Crippen LogP contribution in [0.15, 0.2) is 0 Å². The van der Waals surface area contributed by atoms with Crippen LogP contribution in [0.4, 0.5) is 0 Å². The second kappa shape index (κ2) is 10.3. The number of amides is 1. The molecule has 3 heterocycles. The highest BCUT2D eigenvalue weighted by molar-refractivity contribution is 5.85. The standard InChI is InChI=1S/C18H34N4O.2ClH/c1-14-4-5-15(2)22(14)11-8-20-6-9-21(10-7-20)18(23)16(3)17-12-19-13-17;;/h14-17,19H,4-13H2,1-3H3;2*1H. The first kappa shape index (κ1) is 23.0. The molecule has 3 atom stereocenters. The zero-order valence-corrected chi connectivity index (χ0v) is 17.6. The smallest absolute Gasteiger partial charge is 0.225 e. The van der Waals surface area contributed by atoms with Crippen LogP contribution in [0.2, 0.25) is 0 Å². The summed E-state index contributed by atoms with van der Waals surface area (Å²) >= 11 is 0. The largest absolute Gasteiger partial charge is 0.340 e. The molecule has 3 saturated heterocycles. The van der Waals surface area contributed by atoms with E-state index < -0.39 is 0 Å². The summed E-state index contributed by atoms with van der Waals surface area (Å²) in [5, 5.41) is 3.27. The Morgan fingerprint density at radius 1 is 1.00 bits per heavy atom. The summed E-state index contributed by atoms with van der Waals surface area (Å²) < 4.78 is 0. The number of carbonyl (C=O) groups excluding carboxylic acids is 1. The molecule has 148 valence electrons. The third-order valence-corrected chi connectivity index (χ3v) is 6.40. The van der Waals surface area contributed by atoms with Crippen LogP contribution in [0.5, 0.6) is 0 Å². The van der Waals surface area contributed by atoms with E-state index >= 15 is 0 Å². The monoisotopic (exact) mass is 394 g/mol. The highest BCUT2D eigenvalue weighted by atomic mass is 35.5. The Bertz CT molecular complexity index is 404. The van der Waals surface area contributed by atoms with Gasteiger partial charge >= 0.3 is 0 Å². The molecule has 0 spiro atoms. The van der Waals surface area contributed by atoms with Crippen LogP contribution in [0, 0.1) is 11.8 Å². The lowest BCUT2D eigenvalue weighted by Crippen LogP contribution is -2.55. The van der Waals surface area contributed by atoms with Gasteiger partial charge in [-0.05, 0) is 45.7 Å². The van der Waals surface area contributed by atoms with Gasteiger partial charge in [0.25, 0.3) is 0 Å². The summed E-state index contributed by atoms with van der Waals surface area (Å²) in [5.41, 5.74) is 0. The van der Waals surface area contributed by atoms with Gasteiger partial charge in [-0.25, -0.2) is 0 Å². The van der Waals surface area contributed by atoms with Crippen LogP contribution >= 0.6 is 24.8 Å². The van der Waals surface area contributed by atoms with E-state index in [1.165, 1.54) is 19.4 Å². The maximum absolute atomic E-state index is 12.6. The third-order valence-electron chi connectivity index (χ3n) is 6.40. The molecule has 7 heteroatoms. The van der Waals surface area contributed by atoms with Gasteiger partial charge in [0.1, 0.15) is 0 Å². The summed E-state index contributed by atoms with van der Waals surface area (Å²) in [6, 6.07) is 1.48. The molecule has 3 unspecified atom stereocenters. The fraction of sp³-hybridized carbons (Fsp3) is 0.944. The SMILES string of the molecule is CC(C(=O)N1CCN(CCN2C(C)CCC2C)CC1)C1CNC1.Cl.Cl. The van der Waals surface area contributed by atoms with Crippen molar-refractivity contribution in [3.8, 4) is 0 Å². The van der Waals surface area contributed by atoms with Crippen molar-refractivity contribution in [2.75, 3.05) is 52.4 Å². The van der Waals surface area contributed by atoms with E-state index in [1.54, 1.807) is 0 Å². The summed E-state index contributed by atoms with van der Waals surface area (Å²) in [6.07, 6.45) is 2.69. The van der Waals surface area contributed by atoms with Crippen molar-refractivity contribution >= 4 is 30.7 Å². The lowest BCUT2D eigenvalue weighted by atomic mass is 9.88. The first-order chi connectivity index (χ1) is 11.1. The van der Waals surface area contributed by atoms with E-state index in [0.717, 1.165) is 57.9 Å². The Morgan fingerprint density at radius 2 is 1.56 bits per heavy atom. The minimum Gasteiger partial charge on any atom is -0.340 e. The molecule has 1 N–H and O–H groups in total. The first-order valence-electron chi connectivity index (χ1n) is 9.54. The average Bonchev–Trinajstić information content (AvgIpc) is 2.82. The van der Waals surface area contributed by atoms with Gasteiger partial charge in [0.05, 0.1) is 0 Å². The molecule has 0 radical (unpaired) electrons. The van der Waals surface area contributed by atoms with Gasteiger partial charge in [0.2, 0.25) is 5.91 Å². The molecule has 3 aliphatic rings. The Balaban J connectivity index is 0.00000156. The molecule has 0 aliphatic carbocycles. The molecule has 0 aromatic heterocycles. The molecular weight excluding hydrogens is 359 g/mol. The second-order valence-corrected chi connectivity index (χ2v) is 7.89. The van der Waals surface area contributed by atoms with E-state index in [2.05, 4.69) is 40.8 Å². The number of nitrogens with one attached hydrogen (secondary N) is 1. The molecule has 3 aliphatic heterocycles. The first-order valence-corrected chi connectivity index (χ1v) is 9.54. The molecule has 3 fully saturated rings. The lowest BCUT2D eigenvalue weighted by Gasteiger charge is -2.39. The van der Waals surface area contributed by atoms with E-state index in [4.69, 9.17) is 0 Å². The zero-order valence-electron chi connectivity index (χ0n) is 15.9. The fourth-order valence-electron chi connectivity index (χ4n) is 4.29. The number of likely N-dealkylation sites (tertiary alicyclic amines) is 1. The quantitative estimate of drug-likeness (QED) is 0.769. The van der Waals surface area contributed by atoms with Crippen LogP contribution in [-0.2, 0) is 4.79 Å². The highest BCUT2D eigenvalue weighted by Crippen LogP contribution is 2.23. The minimum atomic E-state index is 0. The summed E-state index contributed by atoms with van der Waals surface area (Å²) in [6.45, 7) is 15.1. The van der Waals surface area contributed by atoms with Gasteiger partial charge < -0.3 is 10.2 Å². The molecular formula is C18H36Cl2N4O. The Morgan fingerprint density at radius 3 is 2.04 bits per heavy atom. The Hall–Kier alpha value is -0.0700. The van der Waals surface area contributed by atoms with Gasteiger partial charge in [-0.1, -0.05) is 6.92 Å². The Kier molecular flexibility index (Phi) is 9.47. The lowest BCUT2D eigenvalue weighted by molar-refractivity contribution is -0.139. The number of piperazine rings is 1. The van der Waals surface area contributed by atoms with Crippen molar-refractivity contribution < 1.29 is 4.79 Å². The molecule has 0 aromatic rings. The number of halogens is 2. The number of rotatable bonds is 5. The van der Waals surface area contributed by atoms with Gasteiger partial charge in [-0.15, -0.1) is 24.8 Å². The highest BCUT2D eigenvalue weighted by Gasteiger charge is 2.33. The van der Waals surface area contributed by atoms with E-state index in [0.29, 0.717) is 11.8 Å². The molecule has 1 amide bonds. The fourth-order valence-corrected chi connectivity index (χ4v) is 4.29. The van der Waals surface area contributed by atoms with Crippen molar-refractivity contribution in [1.82, 2.24) is 20.0 Å². The maximum atomic E-state index is 12.6. The topological polar surface area (TPSA) is 38.8 Å². The van der Waals surface area contributed by atoms with Crippen molar-refractivity contribution in [3.05, 3.63) is 0 Å². The van der Waals surface area contributed by atoms with Gasteiger partial charge in [0.15, 0.2) is 0 Å². The van der Waals surface area contributed by atoms with Gasteiger partial charge in [0, 0.05) is 57.3 Å². The second-order valence-electron chi connectivity index (χ2n) is 7.89. The van der Waals surface area contributed by atoms with Crippen molar-refractivity contribution in [1.29, 1.82) is 0 Å². The van der Waals surface area contributed by atoms with Crippen LogP contribution < -0.4 is 5.32 Å². The van der Waals surface area contributed by atoms with Crippen molar-refractivity contribution in [2.45, 2.75) is 45.7 Å². The van der Waals surface area contributed by atoms with Crippen LogP contribution in [0.25, 0.3) is 0 Å². The third kappa shape index (κ3) is 5.46. The maximum Gasteiger partial charge on any atom is 0.225 e.